The van der Waals surface area contributed by atoms with E-state index in [9.17, 15) is 4.79 Å². The summed E-state index contributed by atoms with van der Waals surface area (Å²) in [5, 5.41) is 14.9. The average Bonchev–Trinajstić information content (AvgIpc) is 2.85. The zero-order valence-electron chi connectivity index (χ0n) is 10.3. The first-order valence-corrected chi connectivity index (χ1v) is 6.35. The van der Waals surface area contributed by atoms with Crippen molar-refractivity contribution < 1.29 is 4.79 Å². The monoisotopic (exact) mass is 246 g/mol. The van der Waals surface area contributed by atoms with Gasteiger partial charge in [0.1, 0.15) is 6.42 Å². The topological polar surface area (TPSA) is 80.7 Å². The van der Waals surface area contributed by atoms with Crippen LogP contribution in [0.4, 0.5) is 5.69 Å². The van der Waals surface area contributed by atoms with E-state index in [4.69, 9.17) is 5.26 Å². The minimum Gasteiger partial charge on any atom is -0.379 e. The number of aromatic nitrogens is 1. The predicted octanol–water partition coefficient (Wildman–Crippen LogP) is 1.77. The van der Waals surface area contributed by atoms with Crippen LogP contribution in [0.2, 0.25) is 0 Å². The molecule has 2 atom stereocenters. The second kappa shape index (κ2) is 6.10. The van der Waals surface area contributed by atoms with Crippen molar-refractivity contribution in [1.29, 1.82) is 5.26 Å². The van der Waals surface area contributed by atoms with Gasteiger partial charge in [0.15, 0.2) is 0 Å². The largest absolute Gasteiger partial charge is 0.379 e. The lowest BCUT2D eigenvalue weighted by Gasteiger charge is -2.33. The lowest BCUT2D eigenvalue weighted by molar-refractivity contribution is -0.121. The molecule has 18 heavy (non-hydrogen) atoms. The van der Waals surface area contributed by atoms with E-state index in [1.165, 1.54) is 6.42 Å². The van der Waals surface area contributed by atoms with Gasteiger partial charge in [0.05, 0.1) is 11.8 Å². The van der Waals surface area contributed by atoms with Crippen LogP contribution in [0.25, 0.3) is 0 Å². The third-order valence-electron chi connectivity index (χ3n) is 3.30. The Hall–Kier alpha value is -1.96. The first kappa shape index (κ1) is 12.5. The number of hydrogen-bond acceptors (Lipinski definition) is 3. The van der Waals surface area contributed by atoms with E-state index in [0.29, 0.717) is 0 Å². The highest BCUT2D eigenvalue weighted by Gasteiger charge is 2.26. The van der Waals surface area contributed by atoms with Gasteiger partial charge in [0.2, 0.25) is 5.91 Å². The van der Waals surface area contributed by atoms with Gasteiger partial charge in [0.25, 0.3) is 0 Å². The Morgan fingerprint density at radius 2 is 2.22 bits per heavy atom. The standard InChI is InChI=1S/C13H18N4O/c14-7-5-13(18)17-12-4-2-1-3-11(12)16-10-6-8-15-9-10/h6,8-9,11-12,15-16H,1-5H2,(H,17,18)/t11-,12-/m1/s1. The Morgan fingerprint density at radius 1 is 1.44 bits per heavy atom. The molecule has 1 amide bonds. The Bertz CT molecular complexity index is 421. The third kappa shape index (κ3) is 3.27. The zero-order valence-corrected chi connectivity index (χ0v) is 10.3. The van der Waals surface area contributed by atoms with Crippen molar-refractivity contribution >= 4 is 11.6 Å². The van der Waals surface area contributed by atoms with Crippen LogP contribution in [0.1, 0.15) is 32.1 Å². The van der Waals surface area contributed by atoms with E-state index in [1.54, 1.807) is 0 Å². The molecule has 0 aromatic carbocycles. The van der Waals surface area contributed by atoms with Crippen molar-refractivity contribution in [3.8, 4) is 6.07 Å². The molecule has 5 heteroatoms. The summed E-state index contributed by atoms with van der Waals surface area (Å²) in [6, 6.07) is 4.22. The lowest BCUT2D eigenvalue weighted by Crippen LogP contribution is -2.48. The normalized spacial score (nSPS) is 23.1. The Labute approximate surface area is 107 Å². The Kier molecular flexibility index (Phi) is 4.24. The molecule has 1 aliphatic rings. The number of aromatic amines is 1. The summed E-state index contributed by atoms with van der Waals surface area (Å²) < 4.78 is 0. The second-order valence-electron chi connectivity index (χ2n) is 4.64. The summed E-state index contributed by atoms with van der Waals surface area (Å²) in [6.45, 7) is 0. The van der Waals surface area contributed by atoms with E-state index in [2.05, 4.69) is 15.6 Å². The molecular weight excluding hydrogens is 228 g/mol. The number of hydrogen-bond donors (Lipinski definition) is 3. The minimum absolute atomic E-state index is 0.0621. The number of anilines is 1. The van der Waals surface area contributed by atoms with Gasteiger partial charge < -0.3 is 15.6 Å². The molecule has 0 bridgehead atoms. The van der Waals surface area contributed by atoms with Gasteiger partial charge in [-0.05, 0) is 18.9 Å². The van der Waals surface area contributed by atoms with Crippen LogP contribution in [0.15, 0.2) is 18.5 Å². The number of H-pyrrole nitrogens is 1. The second-order valence-corrected chi connectivity index (χ2v) is 4.64. The summed E-state index contributed by atoms with van der Waals surface area (Å²) in [4.78, 5) is 14.5. The molecule has 0 radical (unpaired) electrons. The molecule has 1 aromatic rings. The number of nitrogens with zero attached hydrogens (tertiary/aromatic N) is 1. The van der Waals surface area contributed by atoms with Crippen molar-refractivity contribution in [2.45, 2.75) is 44.2 Å². The van der Waals surface area contributed by atoms with Crippen LogP contribution in [0.3, 0.4) is 0 Å². The van der Waals surface area contributed by atoms with Crippen molar-refractivity contribution in [1.82, 2.24) is 10.3 Å². The molecular formula is C13H18N4O. The molecule has 1 fully saturated rings. The van der Waals surface area contributed by atoms with E-state index < -0.39 is 0 Å². The molecule has 1 saturated carbocycles. The van der Waals surface area contributed by atoms with Gasteiger partial charge in [-0.25, -0.2) is 0 Å². The Balaban J connectivity index is 1.93. The SMILES string of the molecule is N#CCC(=O)N[C@@H]1CCCC[C@H]1Nc1cc[nH]c1. The van der Waals surface area contributed by atoms with E-state index in [1.807, 2.05) is 24.5 Å². The number of amides is 1. The summed E-state index contributed by atoms with van der Waals surface area (Å²) in [5.41, 5.74) is 1.04. The van der Waals surface area contributed by atoms with Gasteiger partial charge in [-0.1, -0.05) is 12.8 Å². The summed E-state index contributed by atoms with van der Waals surface area (Å²) in [7, 11) is 0. The number of carbonyl (C=O) groups is 1. The molecule has 2 rings (SSSR count). The molecule has 0 unspecified atom stereocenters. The van der Waals surface area contributed by atoms with Gasteiger partial charge >= 0.3 is 0 Å². The van der Waals surface area contributed by atoms with E-state index >= 15 is 0 Å². The fourth-order valence-electron chi connectivity index (χ4n) is 2.43. The number of carbonyl (C=O) groups excluding carboxylic acids is 1. The number of rotatable bonds is 4. The van der Waals surface area contributed by atoms with Crippen LogP contribution in [-0.4, -0.2) is 23.0 Å². The minimum atomic E-state index is -0.176. The highest BCUT2D eigenvalue weighted by atomic mass is 16.1. The summed E-state index contributed by atoms with van der Waals surface area (Å²) in [5.74, 6) is -0.176. The molecule has 1 heterocycles. The highest BCUT2D eigenvalue weighted by molar-refractivity contribution is 5.78. The maximum absolute atomic E-state index is 11.5. The number of nitrogens with one attached hydrogen (secondary N) is 3. The fourth-order valence-corrected chi connectivity index (χ4v) is 2.43. The zero-order chi connectivity index (χ0) is 12.8. The van der Waals surface area contributed by atoms with Crippen LogP contribution in [-0.2, 0) is 4.79 Å². The first-order chi connectivity index (χ1) is 8.79. The molecule has 0 saturated heterocycles. The molecule has 3 N–H and O–H groups in total. The first-order valence-electron chi connectivity index (χ1n) is 6.35. The molecule has 5 nitrogen and oxygen atoms in total. The van der Waals surface area contributed by atoms with E-state index in [-0.39, 0.29) is 24.4 Å². The molecule has 0 aliphatic heterocycles. The van der Waals surface area contributed by atoms with Gasteiger partial charge in [-0.2, -0.15) is 5.26 Å². The summed E-state index contributed by atoms with van der Waals surface area (Å²) in [6.07, 6.45) is 8.03. The molecule has 0 spiro atoms. The van der Waals surface area contributed by atoms with Crippen LogP contribution >= 0.6 is 0 Å². The highest BCUT2D eigenvalue weighted by Crippen LogP contribution is 2.22. The quantitative estimate of drug-likeness (QED) is 0.757. The fraction of sp³-hybridized carbons (Fsp3) is 0.538. The van der Waals surface area contributed by atoms with Crippen LogP contribution < -0.4 is 10.6 Å². The van der Waals surface area contributed by atoms with E-state index in [0.717, 1.165) is 24.9 Å². The molecule has 96 valence electrons. The maximum atomic E-state index is 11.5. The van der Waals surface area contributed by atoms with Crippen molar-refractivity contribution in [2.24, 2.45) is 0 Å². The average molecular weight is 246 g/mol. The summed E-state index contributed by atoms with van der Waals surface area (Å²) >= 11 is 0. The smallest absolute Gasteiger partial charge is 0.234 e. The third-order valence-corrected chi connectivity index (χ3v) is 3.30. The maximum Gasteiger partial charge on any atom is 0.234 e. The van der Waals surface area contributed by atoms with Crippen molar-refractivity contribution in [2.75, 3.05) is 5.32 Å². The van der Waals surface area contributed by atoms with Gasteiger partial charge in [0, 0.05) is 24.5 Å². The number of nitriles is 1. The Morgan fingerprint density at radius 3 is 2.89 bits per heavy atom. The lowest BCUT2D eigenvalue weighted by atomic mass is 9.90. The van der Waals surface area contributed by atoms with Crippen molar-refractivity contribution in [3.05, 3.63) is 18.5 Å². The molecule has 1 aliphatic carbocycles. The molecule has 1 aromatic heterocycles. The van der Waals surface area contributed by atoms with Gasteiger partial charge in [-0.15, -0.1) is 0 Å². The van der Waals surface area contributed by atoms with Gasteiger partial charge in [-0.3, -0.25) is 4.79 Å². The predicted molar refractivity (Wildman–Crippen MR) is 68.8 cm³/mol. The van der Waals surface area contributed by atoms with Crippen LogP contribution in [0.5, 0.6) is 0 Å². The van der Waals surface area contributed by atoms with Crippen LogP contribution in [0, 0.1) is 11.3 Å². The van der Waals surface area contributed by atoms with Crippen molar-refractivity contribution in [3.63, 3.8) is 0 Å².